The lowest BCUT2D eigenvalue weighted by molar-refractivity contribution is -0.126. The second-order valence-corrected chi connectivity index (χ2v) is 3.80. The molecule has 0 saturated heterocycles. The number of nitrogens with zero attached hydrogens (tertiary/aromatic N) is 1. The van der Waals surface area contributed by atoms with E-state index in [1.807, 2.05) is 30.3 Å². The van der Waals surface area contributed by atoms with Crippen LogP contribution in [0.5, 0.6) is 0 Å². The molecule has 0 saturated carbocycles. The van der Waals surface area contributed by atoms with Crippen molar-refractivity contribution in [2.75, 3.05) is 11.9 Å². The molecular formula is C12H16N2O2. The van der Waals surface area contributed by atoms with Crippen LogP contribution in [0.15, 0.2) is 30.3 Å². The first-order valence-electron chi connectivity index (χ1n) is 5.13. The number of amides is 2. The predicted octanol–water partition coefficient (Wildman–Crippen LogP) is 1.16. The van der Waals surface area contributed by atoms with E-state index in [4.69, 9.17) is 5.73 Å². The van der Waals surface area contributed by atoms with Crippen LogP contribution in [0, 0.1) is 5.92 Å². The molecule has 0 aliphatic rings. The molecule has 86 valence electrons. The fourth-order valence-electron chi connectivity index (χ4n) is 1.50. The summed E-state index contributed by atoms with van der Waals surface area (Å²) in [5.41, 5.74) is 5.87. The van der Waals surface area contributed by atoms with Crippen molar-refractivity contribution in [3.63, 3.8) is 0 Å². The molecule has 0 bridgehead atoms. The van der Waals surface area contributed by atoms with Crippen molar-refractivity contribution in [1.82, 2.24) is 0 Å². The number of anilines is 1. The van der Waals surface area contributed by atoms with Gasteiger partial charge in [0.15, 0.2) is 0 Å². The molecule has 0 radical (unpaired) electrons. The van der Waals surface area contributed by atoms with Crippen molar-refractivity contribution < 1.29 is 9.59 Å². The lowest BCUT2D eigenvalue weighted by atomic mass is 10.1. The summed E-state index contributed by atoms with van der Waals surface area (Å²) in [6.45, 7) is 1.70. The van der Waals surface area contributed by atoms with Crippen LogP contribution in [-0.2, 0) is 9.59 Å². The van der Waals surface area contributed by atoms with Crippen LogP contribution in [0.3, 0.4) is 0 Å². The number of rotatable bonds is 4. The second-order valence-electron chi connectivity index (χ2n) is 3.80. The number of primary amides is 1. The van der Waals surface area contributed by atoms with Gasteiger partial charge in [-0.3, -0.25) is 9.59 Å². The van der Waals surface area contributed by atoms with Gasteiger partial charge in [0, 0.05) is 25.1 Å². The normalized spacial score (nSPS) is 11.9. The van der Waals surface area contributed by atoms with E-state index in [0.29, 0.717) is 0 Å². The van der Waals surface area contributed by atoms with Crippen LogP contribution in [0.1, 0.15) is 13.3 Å². The lowest BCUT2D eigenvalue weighted by Crippen LogP contribution is -2.33. The number of para-hydroxylation sites is 1. The Morgan fingerprint density at radius 2 is 1.88 bits per heavy atom. The predicted molar refractivity (Wildman–Crippen MR) is 62.8 cm³/mol. The van der Waals surface area contributed by atoms with Gasteiger partial charge in [0.25, 0.3) is 0 Å². The smallest absolute Gasteiger partial charge is 0.230 e. The van der Waals surface area contributed by atoms with Crippen molar-refractivity contribution in [1.29, 1.82) is 0 Å². The van der Waals surface area contributed by atoms with Gasteiger partial charge in [-0.05, 0) is 12.1 Å². The number of benzene rings is 1. The zero-order chi connectivity index (χ0) is 12.1. The summed E-state index contributed by atoms with van der Waals surface area (Å²) in [5, 5.41) is 0. The van der Waals surface area contributed by atoms with Gasteiger partial charge >= 0.3 is 0 Å². The van der Waals surface area contributed by atoms with E-state index >= 15 is 0 Å². The van der Waals surface area contributed by atoms with E-state index in [9.17, 15) is 9.59 Å². The Morgan fingerprint density at radius 1 is 1.31 bits per heavy atom. The minimum Gasteiger partial charge on any atom is -0.370 e. The molecule has 1 aromatic carbocycles. The summed E-state index contributed by atoms with van der Waals surface area (Å²) in [6, 6.07) is 9.29. The minimum absolute atomic E-state index is 0.0794. The Kier molecular flexibility index (Phi) is 4.05. The van der Waals surface area contributed by atoms with Gasteiger partial charge in [-0.2, -0.15) is 0 Å². The van der Waals surface area contributed by atoms with Crippen LogP contribution in [0.4, 0.5) is 5.69 Å². The van der Waals surface area contributed by atoms with E-state index in [0.717, 1.165) is 5.69 Å². The first kappa shape index (κ1) is 12.2. The summed E-state index contributed by atoms with van der Waals surface area (Å²) < 4.78 is 0. The summed E-state index contributed by atoms with van der Waals surface area (Å²) in [7, 11) is 1.69. The molecule has 1 rings (SSSR count). The molecule has 2 amide bonds. The average Bonchev–Trinajstić information content (AvgIpc) is 2.27. The topological polar surface area (TPSA) is 63.4 Å². The third-order valence-corrected chi connectivity index (χ3v) is 2.40. The zero-order valence-corrected chi connectivity index (χ0v) is 9.51. The van der Waals surface area contributed by atoms with Crippen molar-refractivity contribution in [3.8, 4) is 0 Å². The van der Waals surface area contributed by atoms with Crippen LogP contribution >= 0.6 is 0 Å². The number of nitrogens with two attached hydrogens (primary N) is 1. The first-order chi connectivity index (χ1) is 7.52. The van der Waals surface area contributed by atoms with Gasteiger partial charge in [0.1, 0.15) is 0 Å². The van der Waals surface area contributed by atoms with Gasteiger partial charge < -0.3 is 10.6 Å². The summed E-state index contributed by atoms with van der Waals surface area (Å²) in [6.07, 6.45) is 0.0794. The maximum atomic E-state index is 11.9. The van der Waals surface area contributed by atoms with E-state index in [2.05, 4.69) is 0 Å². The summed E-state index contributed by atoms with van der Waals surface area (Å²) >= 11 is 0. The highest BCUT2D eigenvalue weighted by Crippen LogP contribution is 2.15. The maximum Gasteiger partial charge on any atom is 0.230 e. The third-order valence-electron chi connectivity index (χ3n) is 2.40. The quantitative estimate of drug-likeness (QED) is 0.827. The van der Waals surface area contributed by atoms with Crippen molar-refractivity contribution in [2.45, 2.75) is 13.3 Å². The molecule has 16 heavy (non-hydrogen) atoms. The molecule has 4 heteroatoms. The molecule has 2 N–H and O–H groups in total. The highest BCUT2D eigenvalue weighted by molar-refractivity contribution is 5.96. The number of hydrogen-bond acceptors (Lipinski definition) is 2. The Morgan fingerprint density at radius 3 is 2.38 bits per heavy atom. The Labute approximate surface area is 95.0 Å². The highest BCUT2D eigenvalue weighted by atomic mass is 16.2. The van der Waals surface area contributed by atoms with Gasteiger partial charge in [0.2, 0.25) is 11.8 Å². The number of carbonyl (C=O) groups is 2. The number of hydrogen-bond donors (Lipinski definition) is 1. The van der Waals surface area contributed by atoms with E-state index in [-0.39, 0.29) is 18.2 Å². The van der Waals surface area contributed by atoms with Gasteiger partial charge in [-0.25, -0.2) is 0 Å². The molecule has 1 aromatic rings. The number of carbonyl (C=O) groups excluding carboxylic acids is 2. The Balaban J connectivity index is 2.71. The van der Waals surface area contributed by atoms with Gasteiger partial charge in [-0.15, -0.1) is 0 Å². The van der Waals surface area contributed by atoms with E-state index < -0.39 is 5.91 Å². The van der Waals surface area contributed by atoms with Gasteiger partial charge in [-0.1, -0.05) is 25.1 Å². The molecule has 4 nitrogen and oxygen atoms in total. The fraction of sp³-hybridized carbons (Fsp3) is 0.333. The Bertz CT molecular complexity index is 376. The molecule has 0 heterocycles. The molecule has 0 aliphatic carbocycles. The van der Waals surface area contributed by atoms with Crippen LogP contribution in [-0.4, -0.2) is 18.9 Å². The second kappa shape index (κ2) is 5.30. The standard InChI is InChI=1S/C12H16N2O2/c1-9(8-11(13)15)12(16)14(2)10-6-4-3-5-7-10/h3-7,9H,8H2,1-2H3,(H2,13,15). The van der Waals surface area contributed by atoms with E-state index in [1.54, 1.807) is 14.0 Å². The highest BCUT2D eigenvalue weighted by Gasteiger charge is 2.20. The zero-order valence-electron chi connectivity index (χ0n) is 9.51. The van der Waals surface area contributed by atoms with Crippen LogP contribution in [0.2, 0.25) is 0 Å². The molecule has 1 atom stereocenters. The third kappa shape index (κ3) is 3.08. The van der Waals surface area contributed by atoms with Crippen molar-refractivity contribution in [2.24, 2.45) is 11.7 Å². The fourth-order valence-corrected chi connectivity index (χ4v) is 1.50. The van der Waals surface area contributed by atoms with E-state index in [1.165, 1.54) is 4.90 Å². The van der Waals surface area contributed by atoms with Crippen molar-refractivity contribution in [3.05, 3.63) is 30.3 Å². The molecule has 0 aliphatic heterocycles. The maximum absolute atomic E-state index is 11.9. The van der Waals surface area contributed by atoms with Crippen molar-refractivity contribution >= 4 is 17.5 Å². The van der Waals surface area contributed by atoms with Gasteiger partial charge in [0.05, 0.1) is 0 Å². The summed E-state index contributed by atoms with van der Waals surface area (Å²) in [5.74, 6) is -0.949. The van der Waals surface area contributed by atoms with Crippen LogP contribution in [0.25, 0.3) is 0 Å². The largest absolute Gasteiger partial charge is 0.370 e. The summed E-state index contributed by atoms with van der Waals surface area (Å²) in [4.78, 5) is 24.2. The minimum atomic E-state index is -0.456. The SMILES string of the molecule is CC(CC(N)=O)C(=O)N(C)c1ccccc1. The molecular weight excluding hydrogens is 204 g/mol. The lowest BCUT2D eigenvalue weighted by Gasteiger charge is -2.20. The average molecular weight is 220 g/mol. The molecule has 1 unspecified atom stereocenters. The molecule has 0 spiro atoms. The Hall–Kier alpha value is -1.84. The molecule has 0 aromatic heterocycles. The monoisotopic (exact) mass is 220 g/mol. The van der Waals surface area contributed by atoms with Crippen LogP contribution < -0.4 is 10.6 Å². The first-order valence-corrected chi connectivity index (χ1v) is 5.13. The molecule has 0 fully saturated rings.